The lowest BCUT2D eigenvalue weighted by Gasteiger charge is -2.32. The van der Waals surface area contributed by atoms with Crippen LogP contribution in [0, 0.1) is 13.8 Å². The van der Waals surface area contributed by atoms with E-state index in [0.717, 1.165) is 66.9 Å². The number of hydrogen-bond acceptors (Lipinski definition) is 2. The number of fused-ring (bicyclic) bond motifs is 6. The maximum atomic E-state index is 7.07. The minimum Gasteiger partial charge on any atom is -0.455 e. The lowest BCUT2D eigenvalue weighted by Crippen LogP contribution is -2.15. The third kappa shape index (κ3) is 6.51. The van der Waals surface area contributed by atoms with Gasteiger partial charge in [-0.15, -0.1) is 0 Å². The smallest absolute Gasteiger partial charge is 0.145 e. The van der Waals surface area contributed by atoms with Gasteiger partial charge in [-0.3, -0.25) is 0 Å². The average molecular weight is 833 g/mol. The van der Waals surface area contributed by atoms with Crippen LogP contribution >= 0.6 is 0 Å². The van der Waals surface area contributed by atoms with Crippen LogP contribution in [0.2, 0.25) is 0 Å². The van der Waals surface area contributed by atoms with Gasteiger partial charge >= 0.3 is 0 Å². The Morgan fingerprint density at radius 1 is 0.369 bits per heavy atom. The Hall–Kier alpha value is -8.40. The molecule has 65 heavy (non-hydrogen) atoms. The van der Waals surface area contributed by atoms with Crippen molar-refractivity contribution < 1.29 is 4.42 Å². The zero-order chi connectivity index (χ0) is 43.4. The zero-order valence-electron chi connectivity index (χ0n) is 36.2. The molecule has 0 aliphatic heterocycles. The van der Waals surface area contributed by atoms with E-state index in [2.05, 4.69) is 254 Å². The second-order valence-electron chi connectivity index (χ2n) is 17.0. The number of nitrogens with zero attached hydrogens (tertiary/aromatic N) is 2. The van der Waals surface area contributed by atoms with Crippen molar-refractivity contribution >= 4 is 60.8 Å². The molecule has 3 nitrogen and oxygen atoms in total. The van der Waals surface area contributed by atoms with Crippen LogP contribution in [-0.4, -0.2) is 4.57 Å². The monoisotopic (exact) mass is 832 g/mol. The van der Waals surface area contributed by atoms with Crippen molar-refractivity contribution in [2.45, 2.75) is 13.8 Å². The standard InChI is InChI=1S/C62H44N2O/c1-41-37-46(43-19-6-3-7-20-43)33-35-55(41)64(61-42(2)38-48(44-21-8-4-9-22-44)40-54(61)45-23-10-5-11-24-45)58-36-34-50(62-60(58)53-29-14-17-32-59(53)65-62)47-25-18-26-49(39-47)63-56-30-15-12-27-51(56)52-28-13-16-31-57(52)63/h3-40H,1-2H3. The van der Waals surface area contributed by atoms with Gasteiger partial charge in [-0.25, -0.2) is 0 Å². The molecule has 0 unspecified atom stereocenters. The highest BCUT2D eigenvalue weighted by atomic mass is 16.3. The molecule has 0 fully saturated rings. The van der Waals surface area contributed by atoms with Crippen LogP contribution in [0.4, 0.5) is 17.1 Å². The van der Waals surface area contributed by atoms with Crippen LogP contribution < -0.4 is 4.90 Å². The van der Waals surface area contributed by atoms with E-state index in [1.54, 1.807) is 0 Å². The molecule has 0 amide bonds. The molecule has 0 bridgehead atoms. The van der Waals surface area contributed by atoms with Crippen molar-refractivity contribution in [3.63, 3.8) is 0 Å². The topological polar surface area (TPSA) is 21.3 Å². The molecule has 0 aliphatic carbocycles. The van der Waals surface area contributed by atoms with E-state index in [0.29, 0.717) is 0 Å². The van der Waals surface area contributed by atoms with E-state index < -0.39 is 0 Å². The second-order valence-corrected chi connectivity index (χ2v) is 17.0. The molecule has 0 N–H and O–H groups in total. The van der Waals surface area contributed by atoms with Crippen LogP contribution in [0.15, 0.2) is 235 Å². The molecule has 3 heteroatoms. The minimum atomic E-state index is 0.852. The second kappa shape index (κ2) is 15.7. The normalized spacial score (nSPS) is 11.5. The summed E-state index contributed by atoms with van der Waals surface area (Å²) < 4.78 is 9.45. The molecule has 12 rings (SSSR count). The van der Waals surface area contributed by atoms with Gasteiger partial charge in [0.2, 0.25) is 0 Å². The number of aryl methyl sites for hydroxylation is 2. The quantitative estimate of drug-likeness (QED) is 0.152. The predicted octanol–water partition coefficient (Wildman–Crippen LogP) is 17.4. The molecule has 2 aromatic heterocycles. The third-order valence-corrected chi connectivity index (χ3v) is 13.0. The highest BCUT2D eigenvalue weighted by Gasteiger charge is 2.27. The van der Waals surface area contributed by atoms with Gasteiger partial charge in [0, 0.05) is 38.7 Å². The van der Waals surface area contributed by atoms with Crippen molar-refractivity contribution in [2.24, 2.45) is 0 Å². The Morgan fingerprint density at radius 3 is 1.60 bits per heavy atom. The van der Waals surface area contributed by atoms with Gasteiger partial charge < -0.3 is 13.9 Å². The van der Waals surface area contributed by atoms with Crippen LogP contribution in [0.25, 0.3) is 93.9 Å². The van der Waals surface area contributed by atoms with Crippen LogP contribution in [0.1, 0.15) is 11.1 Å². The fraction of sp³-hybridized carbons (Fsp3) is 0.0323. The Kier molecular flexibility index (Phi) is 9.28. The summed E-state index contributed by atoms with van der Waals surface area (Å²) in [6.45, 7) is 4.50. The molecule has 0 radical (unpaired) electrons. The Morgan fingerprint density at radius 2 is 0.923 bits per heavy atom. The molecule has 12 aromatic rings. The lowest BCUT2D eigenvalue weighted by molar-refractivity contribution is 0.670. The molecule has 0 aliphatic rings. The molecule has 10 aromatic carbocycles. The number of rotatable bonds is 8. The van der Waals surface area contributed by atoms with Crippen molar-refractivity contribution in [2.75, 3.05) is 4.90 Å². The first-order valence-electron chi connectivity index (χ1n) is 22.3. The molecule has 0 atom stereocenters. The third-order valence-electron chi connectivity index (χ3n) is 13.0. The molecule has 0 saturated carbocycles. The Balaban J connectivity index is 1.13. The van der Waals surface area contributed by atoms with Crippen LogP contribution in [0.3, 0.4) is 0 Å². The summed E-state index contributed by atoms with van der Waals surface area (Å²) in [4.78, 5) is 2.50. The van der Waals surface area contributed by atoms with E-state index in [-0.39, 0.29) is 0 Å². The molecule has 2 heterocycles. The number of furan rings is 1. The molecule has 308 valence electrons. The average Bonchev–Trinajstić information content (AvgIpc) is 3.92. The van der Waals surface area contributed by atoms with Crippen molar-refractivity contribution in [1.29, 1.82) is 0 Å². The van der Waals surface area contributed by atoms with Gasteiger partial charge in [-0.05, 0) is 125 Å². The lowest BCUT2D eigenvalue weighted by atomic mass is 9.92. The Bertz CT molecular complexity index is 3680. The van der Waals surface area contributed by atoms with E-state index in [1.807, 2.05) is 0 Å². The van der Waals surface area contributed by atoms with Gasteiger partial charge in [0.15, 0.2) is 0 Å². The Labute approximate surface area is 378 Å². The van der Waals surface area contributed by atoms with Crippen molar-refractivity contribution in [1.82, 2.24) is 4.57 Å². The SMILES string of the molecule is Cc1cc(-c2ccccc2)ccc1N(c1c(C)cc(-c2ccccc2)cc1-c1ccccc1)c1ccc(-c2cccc(-n3c4ccccc4c4ccccc43)c2)c2oc3ccccc3c12. The van der Waals surface area contributed by atoms with Gasteiger partial charge in [-0.1, -0.05) is 164 Å². The first-order chi connectivity index (χ1) is 32.1. The fourth-order valence-electron chi connectivity index (χ4n) is 10.0. The van der Waals surface area contributed by atoms with Crippen molar-refractivity contribution in [3.8, 4) is 50.2 Å². The molecule has 0 spiro atoms. The maximum Gasteiger partial charge on any atom is 0.145 e. The summed E-state index contributed by atoms with van der Waals surface area (Å²) in [7, 11) is 0. The van der Waals surface area contributed by atoms with Crippen LogP contribution in [0.5, 0.6) is 0 Å². The van der Waals surface area contributed by atoms with Crippen LogP contribution in [-0.2, 0) is 0 Å². The summed E-state index contributed by atoms with van der Waals surface area (Å²) in [6.07, 6.45) is 0. The molecular weight excluding hydrogens is 789 g/mol. The first kappa shape index (κ1) is 38.3. The van der Waals surface area contributed by atoms with E-state index in [1.165, 1.54) is 55.2 Å². The number of hydrogen-bond donors (Lipinski definition) is 0. The molecular formula is C62H44N2O. The van der Waals surface area contributed by atoms with E-state index >= 15 is 0 Å². The van der Waals surface area contributed by atoms with Gasteiger partial charge in [0.25, 0.3) is 0 Å². The summed E-state index contributed by atoms with van der Waals surface area (Å²) >= 11 is 0. The van der Waals surface area contributed by atoms with E-state index in [4.69, 9.17) is 4.42 Å². The van der Waals surface area contributed by atoms with E-state index in [9.17, 15) is 0 Å². The minimum absolute atomic E-state index is 0.852. The van der Waals surface area contributed by atoms with Gasteiger partial charge in [0.1, 0.15) is 11.2 Å². The zero-order valence-corrected chi connectivity index (χ0v) is 36.2. The van der Waals surface area contributed by atoms with Gasteiger partial charge in [-0.2, -0.15) is 0 Å². The predicted molar refractivity (Wildman–Crippen MR) is 274 cm³/mol. The summed E-state index contributed by atoms with van der Waals surface area (Å²) in [5.74, 6) is 0. The van der Waals surface area contributed by atoms with Gasteiger partial charge in [0.05, 0.1) is 27.8 Å². The molecule has 0 saturated heterocycles. The largest absolute Gasteiger partial charge is 0.455 e. The highest BCUT2D eigenvalue weighted by Crippen LogP contribution is 2.51. The number of aromatic nitrogens is 1. The number of benzene rings is 10. The maximum absolute atomic E-state index is 7.07. The summed E-state index contributed by atoms with van der Waals surface area (Å²) in [5.41, 5.74) is 20.0. The summed E-state index contributed by atoms with van der Waals surface area (Å²) in [5, 5.41) is 4.62. The fourth-order valence-corrected chi connectivity index (χ4v) is 10.0. The van der Waals surface area contributed by atoms with Crippen molar-refractivity contribution in [3.05, 3.63) is 242 Å². The summed E-state index contributed by atoms with van der Waals surface area (Å²) in [6, 6.07) is 83.1. The highest BCUT2D eigenvalue weighted by molar-refractivity contribution is 6.18. The number of anilines is 3. The first-order valence-corrected chi connectivity index (χ1v) is 22.3. The number of para-hydroxylation sites is 3.